The van der Waals surface area contributed by atoms with E-state index < -0.39 is 0 Å². The maximum atomic E-state index is 6.21. The number of nitrogens with two attached hydrogens (primary N) is 1. The first-order chi connectivity index (χ1) is 7.74. The van der Waals surface area contributed by atoms with Gasteiger partial charge in [0.05, 0.1) is 12.1 Å². The predicted molar refractivity (Wildman–Crippen MR) is 58.5 cm³/mol. The standard InChI is InChI=1S/C11H17N3O2/c1-2-7-15-8-9-13-10(14-16-9)11(12)5-3-4-6-11/h2H,1,3-8,12H2. The molecule has 1 aliphatic rings. The topological polar surface area (TPSA) is 74.2 Å². The SMILES string of the molecule is C=CCOCc1nc(C2(N)CCCC2)no1. The molecule has 1 heterocycles. The van der Waals surface area contributed by atoms with Crippen LogP contribution in [0.1, 0.15) is 37.4 Å². The zero-order valence-corrected chi connectivity index (χ0v) is 9.32. The Kier molecular flexibility index (Phi) is 3.36. The molecule has 0 amide bonds. The molecule has 5 heteroatoms. The van der Waals surface area contributed by atoms with E-state index in [4.69, 9.17) is 15.0 Å². The van der Waals surface area contributed by atoms with Gasteiger partial charge in [-0.1, -0.05) is 24.1 Å². The van der Waals surface area contributed by atoms with Crippen LogP contribution < -0.4 is 5.73 Å². The van der Waals surface area contributed by atoms with Gasteiger partial charge in [-0.05, 0) is 12.8 Å². The fraction of sp³-hybridized carbons (Fsp3) is 0.636. The molecule has 16 heavy (non-hydrogen) atoms. The summed E-state index contributed by atoms with van der Waals surface area (Å²) in [5, 5.41) is 3.93. The van der Waals surface area contributed by atoms with E-state index in [0.29, 0.717) is 24.9 Å². The Morgan fingerprint density at radius 2 is 2.25 bits per heavy atom. The molecule has 0 aromatic carbocycles. The van der Waals surface area contributed by atoms with Crippen LogP contribution in [-0.2, 0) is 16.9 Å². The van der Waals surface area contributed by atoms with E-state index in [1.807, 2.05) is 0 Å². The summed E-state index contributed by atoms with van der Waals surface area (Å²) in [7, 11) is 0. The molecule has 88 valence electrons. The van der Waals surface area contributed by atoms with E-state index in [-0.39, 0.29) is 5.54 Å². The van der Waals surface area contributed by atoms with E-state index in [1.165, 1.54) is 0 Å². The van der Waals surface area contributed by atoms with E-state index in [1.54, 1.807) is 6.08 Å². The van der Waals surface area contributed by atoms with Crippen molar-refractivity contribution in [1.82, 2.24) is 10.1 Å². The molecule has 1 saturated carbocycles. The second kappa shape index (κ2) is 4.76. The summed E-state index contributed by atoms with van der Waals surface area (Å²) in [6.45, 7) is 4.35. The van der Waals surface area contributed by atoms with Crippen molar-refractivity contribution in [3.8, 4) is 0 Å². The third kappa shape index (κ3) is 2.31. The minimum atomic E-state index is -0.389. The molecular formula is C11H17N3O2. The number of hydrogen-bond acceptors (Lipinski definition) is 5. The van der Waals surface area contributed by atoms with Crippen molar-refractivity contribution < 1.29 is 9.26 Å². The van der Waals surface area contributed by atoms with Crippen molar-refractivity contribution in [3.63, 3.8) is 0 Å². The molecule has 1 aromatic rings. The Balaban J connectivity index is 1.98. The fourth-order valence-electron chi connectivity index (χ4n) is 1.97. The van der Waals surface area contributed by atoms with Gasteiger partial charge in [-0.3, -0.25) is 0 Å². The summed E-state index contributed by atoms with van der Waals surface area (Å²) < 4.78 is 10.3. The first-order valence-corrected chi connectivity index (χ1v) is 5.55. The van der Waals surface area contributed by atoms with Crippen LogP contribution in [0.5, 0.6) is 0 Å². The highest BCUT2D eigenvalue weighted by atomic mass is 16.5. The number of nitrogens with zero attached hydrogens (tertiary/aromatic N) is 2. The molecule has 0 aliphatic heterocycles. The highest BCUT2D eigenvalue weighted by Crippen LogP contribution is 2.34. The van der Waals surface area contributed by atoms with Crippen LogP contribution in [0.4, 0.5) is 0 Å². The van der Waals surface area contributed by atoms with Crippen molar-refractivity contribution in [3.05, 3.63) is 24.4 Å². The molecule has 5 nitrogen and oxygen atoms in total. The minimum absolute atomic E-state index is 0.315. The molecule has 0 spiro atoms. The quantitative estimate of drug-likeness (QED) is 0.604. The molecule has 0 atom stereocenters. The zero-order chi connectivity index (χ0) is 11.4. The summed E-state index contributed by atoms with van der Waals surface area (Å²) >= 11 is 0. The van der Waals surface area contributed by atoms with Gasteiger partial charge in [-0.25, -0.2) is 0 Å². The Hall–Kier alpha value is -1.20. The summed E-state index contributed by atoms with van der Waals surface area (Å²) in [5.41, 5.74) is 5.82. The molecule has 0 radical (unpaired) electrons. The minimum Gasteiger partial charge on any atom is -0.368 e. The molecule has 0 unspecified atom stereocenters. The van der Waals surface area contributed by atoms with Gasteiger partial charge >= 0.3 is 0 Å². The molecule has 0 saturated heterocycles. The number of ether oxygens (including phenoxy) is 1. The molecule has 1 fully saturated rings. The third-order valence-electron chi connectivity index (χ3n) is 2.87. The predicted octanol–water partition coefficient (Wildman–Crippen LogP) is 1.50. The molecule has 2 rings (SSSR count). The van der Waals surface area contributed by atoms with Gasteiger partial charge in [0.1, 0.15) is 6.61 Å². The summed E-state index contributed by atoms with van der Waals surface area (Å²) in [6, 6.07) is 0. The largest absolute Gasteiger partial charge is 0.368 e. The Morgan fingerprint density at radius 1 is 1.50 bits per heavy atom. The van der Waals surface area contributed by atoms with Crippen LogP contribution in [0.2, 0.25) is 0 Å². The van der Waals surface area contributed by atoms with E-state index >= 15 is 0 Å². The van der Waals surface area contributed by atoms with Crippen LogP contribution >= 0.6 is 0 Å². The number of hydrogen-bond donors (Lipinski definition) is 1. The maximum Gasteiger partial charge on any atom is 0.252 e. The van der Waals surface area contributed by atoms with Crippen LogP contribution in [0.25, 0.3) is 0 Å². The van der Waals surface area contributed by atoms with Crippen molar-refractivity contribution in [2.45, 2.75) is 37.8 Å². The lowest BCUT2D eigenvalue weighted by molar-refractivity contribution is 0.121. The molecule has 1 aromatic heterocycles. The van der Waals surface area contributed by atoms with Crippen LogP contribution in [0.3, 0.4) is 0 Å². The highest BCUT2D eigenvalue weighted by Gasteiger charge is 2.35. The van der Waals surface area contributed by atoms with Crippen LogP contribution in [0, 0.1) is 0 Å². The summed E-state index contributed by atoms with van der Waals surface area (Å²) in [5.74, 6) is 1.09. The van der Waals surface area contributed by atoms with Gasteiger partial charge in [-0.2, -0.15) is 4.98 Å². The van der Waals surface area contributed by atoms with Crippen molar-refractivity contribution >= 4 is 0 Å². The zero-order valence-electron chi connectivity index (χ0n) is 9.32. The van der Waals surface area contributed by atoms with Gasteiger partial charge in [0, 0.05) is 0 Å². The van der Waals surface area contributed by atoms with Crippen LogP contribution in [0.15, 0.2) is 17.2 Å². The van der Waals surface area contributed by atoms with Gasteiger partial charge < -0.3 is 15.0 Å². The van der Waals surface area contributed by atoms with E-state index in [9.17, 15) is 0 Å². The normalized spacial score (nSPS) is 18.8. The summed E-state index contributed by atoms with van der Waals surface area (Å²) in [6.07, 6.45) is 5.80. The Morgan fingerprint density at radius 3 is 2.94 bits per heavy atom. The van der Waals surface area contributed by atoms with E-state index in [0.717, 1.165) is 25.7 Å². The average Bonchev–Trinajstić information content (AvgIpc) is 2.88. The second-order valence-corrected chi connectivity index (χ2v) is 4.18. The Bertz CT molecular complexity index is 356. The van der Waals surface area contributed by atoms with Gasteiger partial charge in [0.2, 0.25) is 0 Å². The lowest BCUT2D eigenvalue weighted by Crippen LogP contribution is -2.34. The van der Waals surface area contributed by atoms with Gasteiger partial charge in [0.25, 0.3) is 5.89 Å². The number of aromatic nitrogens is 2. The smallest absolute Gasteiger partial charge is 0.252 e. The molecule has 0 bridgehead atoms. The average molecular weight is 223 g/mol. The van der Waals surface area contributed by atoms with Gasteiger partial charge in [-0.15, -0.1) is 6.58 Å². The molecule has 2 N–H and O–H groups in total. The Labute approximate surface area is 94.7 Å². The third-order valence-corrected chi connectivity index (χ3v) is 2.87. The number of rotatable bonds is 5. The maximum absolute atomic E-state index is 6.21. The first-order valence-electron chi connectivity index (χ1n) is 5.55. The lowest BCUT2D eigenvalue weighted by Gasteiger charge is -2.17. The monoisotopic (exact) mass is 223 g/mol. The van der Waals surface area contributed by atoms with Crippen LogP contribution in [-0.4, -0.2) is 16.7 Å². The van der Waals surface area contributed by atoms with Gasteiger partial charge in [0.15, 0.2) is 5.82 Å². The van der Waals surface area contributed by atoms with E-state index in [2.05, 4.69) is 16.7 Å². The van der Waals surface area contributed by atoms with Crippen molar-refractivity contribution in [1.29, 1.82) is 0 Å². The first kappa shape index (κ1) is 11.3. The fourth-order valence-corrected chi connectivity index (χ4v) is 1.97. The second-order valence-electron chi connectivity index (χ2n) is 4.18. The van der Waals surface area contributed by atoms with Crippen molar-refractivity contribution in [2.24, 2.45) is 5.73 Å². The van der Waals surface area contributed by atoms with Crippen molar-refractivity contribution in [2.75, 3.05) is 6.61 Å². The lowest BCUT2D eigenvalue weighted by atomic mass is 9.99. The molecule has 1 aliphatic carbocycles. The summed E-state index contributed by atoms with van der Waals surface area (Å²) in [4.78, 5) is 4.27. The highest BCUT2D eigenvalue weighted by molar-refractivity contribution is 5.06. The molecular weight excluding hydrogens is 206 g/mol.